The normalized spacial score (nSPS) is 10.2. The number of benzene rings is 1. The zero-order valence-electron chi connectivity index (χ0n) is 11.0. The molecule has 2 aromatic rings. The smallest absolute Gasteiger partial charge is 0.270 e. The summed E-state index contributed by atoms with van der Waals surface area (Å²) in [5.74, 6) is -0.115. The molecule has 0 spiro atoms. The van der Waals surface area contributed by atoms with E-state index < -0.39 is 4.92 Å². The van der Waals surface area contributed by atoms with Crippen LogP contribution < -0.4 is 5.32 Å². The van der Waals surface area contributed by atoms with Gasteiger partial charge in [-0.15, -0.1) is 0 Å². The van der Waals surface area contributed by atoms with E-state index >= 15 is 0 Å². The van der Waals surface area contributed by atoms with Crippen LogP contribution in [-0.2, 0) is 4.79 Å². The molecular formula is C13H11BrN4O3. The van der Waals surface area contributed by atoms with Gasteiger partial charge in [0.25, 0.3) is 5.69 Å². The Kier molecular flexibility index (Phi) is 4.59. The van der Waals surface area contributed by atoms with Gasteiger partial charge in [-0.05, 0) is 12.5 Å². The number of anilines is 1. The Bertz CT molecular complexity index is 706. The van der Waals surface area contributed by atoms with Gasteiger partial charge < -0.3 is 0 Å². The molecule has 0 bridgehead atoms. The van der Waals surface area contributed by atoms with E-state index in [0.717, 1.165) is 5.56 Å². The number of aromatic nitrogens is 2. The molecule has 0 aliphatic carbocycles. The first-order chi connectivity index (χ1) is 10.0. The van der Waals surface area contributed by atoms with Gasteiger partial charge in [0.1, 0.15) is 0 Å². The summed E-state index contributed by atoms with van der Waals surface area (Å²) >= 11 is 3.03. The van der Waals surface area contributed by atoms with Crippen molar-refractivity contribution in [2.75, 3.05) is 10.6 Å². The number of halogens is 1. The Labute approximate surface area is 128 Å². The number of nitrogens with zero attached hydrogens (tertiary/aromatic N) is 3. The average Bonchev–Trinajstić information content (AvgIpc) is 2.49. The zero-order chi connectivity index (χ0) is 15.4. The summed E-state index contributed by atoms with van der Waals surface area (Å²) in [6.07, 6.45) is 1.56. The van der Waals surface area contributed by atoms with Crippen molar-refractivity contribution < 1.29 is 9.72 Å². The maximum absolute atomic E-state index is 11.3. The summed E-state index contributed by atoms with van der Waals surface area (Å²) < 4.78 is 0. The third-order valence-electron chi connectivity index (χ3n) is 2.67. The third-order valence-corrected chi connectivity index (χ3v) is 3.18. The van der Waals surface area contributed by atoms with Crippen LogP contribution in [0, 0.1) is 17.0 Å². The highest BCUT2D eigenvalue weighted by Gasteiger charge is 2.12. The number of non-ortho nitro benzene ring substituents is 1. The van der Waals surface area contributed by atoms with Crippen LogP contribution in [0.25, 0.3) is 11.3 Å². The SMILES string of the molecule is Cc1cnc(NC(=O)CBr)nc1-c1cccc([N+](=O)[O-])c1. The molecule has 7 nitrogen and oxygen atoms in total. The minimum Gasteiger partial charge on any atom is -0.294 e. The van der Waals surface area contributed by atoms with E-state index in [1.807, 2.05) is 0 Å². The molecule has 21 heavy (non-hydrogen) atoms. The van der Waals surface area contributed by atoms with E-state index in [-0.39, 0.29) is 22.9 Å². The second kappa shape index (κ2) is 6.40. The Morgan fingerprint density at radius 3 is 2.90 bits per heavy atom. The fourth-order valence-electron chi connectivity index (χ4n) is 1.72. The molecule has 1 amide bonds. The van der Waals surface area contributed by atoms with Gasteiger partial charge in [0.15, 0.2) is 0 Å². The number of rotatable bonds is 4. The number of carbonyl (C=O) groups excluding carboxylic acids is 1. The van der Waals surface area contributed by atoms with Gasteiger partial charge in [-0.1, -0.05) is 28.1 Å². The molecule has 1 aromatic carbocycles. The lowest BCUT2D eigenvalue weighted by molar-refractivity contribution is -0.384. The van der Waals surface area contributed by atoms with E-state index in [4.69, 9.17) is 0 Å². The van der Waals surface area contributed by atoms with Crippen LogP contribution in [0.2, 0.25) is 0 Å². The van der Waals surface area contributed by atoms with E-state index in [0.29, 0.717) is 11.3 Å². The molecule has 1 aromatic heterocycles. The Morgan fingerprint density at radius 2 is 2.24 bits per heavy atom. The number of nitrogens with one attached hydrogen (secondary N) is 1. The van der Waals surface area contributed by atoms with Crippen molar-refractivity contribution in [3.8, 4) is 11.3 Å². The van der Waals surface area contributed by atoms with Crippen LogP contribution in [0.1, 0.15) is 5.56 Å². The molecule has 1 N–H and O–H groups in total. The molecular weight excluding hydrogens is 340 g/mol. The van der Waals surface area contributed by atoms with E-state index in [9.17, 15) is 14.9 Å². The molecule has 0 unspecified atom stereocenters. The van der Waals surface area contributed by atoms with Gasteiger partial charge >= 0.3 is 0 Å². The van der Waals surface area contributed by atoms with Gasteiger partial charge in [-0.2, -0.15) is 0 Å². The van der Waals surface area contributed by atoms with Crippen LogP contribution in [0.5, 0.6) is 0 Å². The number of hydrogen-bond acceptors (Lipinski definition) is 5. The van der Waals surface area contributed by atoms with Crippen LogP contribution in [-0.4, -0.2) is 26.1 Å². The lowest BCUT2D eigenvalue weighted by Gasteiger charge is -2.07. The highest BCUT2D eigenvalue weighted by atomic mass is 79.9. The monoisotopic (exact) mass is 350 g/mol. The number of aryl methyl sites for hydroxylation is 1. The summed E-state index contributed by atoms with van der Waals surface area (Å²) in [7, 11) is 0. The number of alkyl halides is 1. The van der Waals surface area contributed by atoms with Gasteiger partial charge in [-0.25, -0.2) is 9.97 Å². The largest absolute Gasteiger partial charge is 0.294 e. The van der Waals surface area contributed by atoms with Crippen molar-refractivity contribution >= 4 is 33.5 Å². The van der Waals surface area contributed by atoms with Crippen molar-refractivity contribution in [2.45, 2.75) is 6.92 Å². The third kappa shape index (κ3) is 3.60. The molecule has 0 atom stereocenters. The molecule has 108 valence electrons. The Hall–Kier alpha value is -2.35. The minimum atomic E-state index is -0.465. The second-order valence-corrected chi connectivity index (χ2v) is 4.78. The predicted octanol–water partition coefficient (Wildman–Crippen LogP) is 2.69. The highest BCUT2D eigenvalue weighted by molar-refractivity contribution is 9.09. The summed E-state index contributed by atoms with van der Waals surface area (Å²) in [4.78, 5) is 30.0. The molecule has 8 heteroatoms. The summed E-state index contributed by atoms with van der Waals surface area (Å²) in [6, 6.07) is 6.16. The van der Waals surface area contributed by atoms with Crippen LogP contribution in [0.15, 0.2) is 30.5 Å². The van der Waals surface area contributed by atoms with Crippen molar-refractivity contribution in [3.63, 3.8) is 0 Å². The molecule has 0 fully saturated rings. The number of nitro benzene ring substituents is 1. The first-order valence-corrected chi connectivity index (χ1v) is 7.07. The number of hydrogen-bond donors (Lipinski definition) is 1. The summed E-state index contributed by atoms with van der Waals surface area (Å²) in [5.41, 5.74) is 1.88. The molecule has 0 aliphatic heterocycles. The zero-order valence-corrected chi connectivity index (χ0v) is 12.6. The van der Waals surface area contributed by atoms with Gasteiger partial charge in [0.2, 0.25) is 11.9 Å². The summed E-state index contributed by atoms with van der Waals surface area (Å²) in [5, 5.41) is 13.5. The molecule has 2 rings (SSSR count). The number of amides is 1. The second-order valence-electron chi connectivity index (χ2n) is 4.21. The van der Waals surface area contributed by atoms with Crippen molar-refractivity contribution in [1.29, 1.82) is 0 Å². The van der Waals surface area contributed by atoms with Crippen LogP contribution in [0.4, 0.5) is 11.6 Å². The first kappa shape index (κ1) is 15.0. The van der Waals surface area contributed by atoms with Crippen LogP contribution >= 0.6 is 15.9 Å². The van der Waals surface area contributed by atoms with E-state index in [1.165, 1.54) is 12.1 Å². The van der Waals surface area contributed by atoms with Gasteiger partial charge in [0.05, 0.1) is 15.9 Å². The van der Waals surface area contributed by atoms with Crippen molar-refractivity contribution in [2.24, 2.45) is 0 Å². The highest BCUT2D eigenvalue weighted by Crippen LogP contribution is 2.25. The van der Waals surface area contributed by atoms with E-state index in [1.54, 1.807) is 25.3 Å². The number of carbonyl (C=O) groups is 1. The fourth-order valence-corrected chi connectivity index (χ4v) is 1.86. The van der Waals surface area contributed by atoms with Crippen LogP contribution in [0.3, 0.4) is 0 Å². The molecule has 0 saturated carbocycles. The average molecular weight is 351 g/mol. The lowest BCUT2D eigenvalue weighted by Crippen LogP contribution is -2.15. The molecule has 0 saturated heterocycles. The first-order valence-electron chi connectivity index (χ1n) is 5.95. The fraction of sp³-hybridized carbons (Fsp3) is 0.154. The maximum Gasteiger partial charge on any atom is 0.270 e. The lowest BCUT2D eigenvalue weighted by atomic mass is 10.1. The Balaban J connectivity index is 2.43. The molecule has 0 radical (unpaired) electrons. The topological polar surface area (TPSA) is 98.0 Å². The van der Waals surface area contributed by atoms with Gasteiger partial charge in [-0.3, -0.25) is 20.2 Å². The van der Waals surface area contributed by atoms with Crippen molar-refractivity contribution in [3.05, 3.63) is 46.1 Å². The van der Waals surface area contributed by atoms with Crippen molar-refractivity contribution in [1.82, 2.24) is 9.97 Å². The Morgan fingerprint density at radius 1 is 1.48 bits per heavy atom. The molecule has 0 aliphatic rings. The van der Waals surface area contributed by atoms with Gasteiger partial charge in [0, 0.05) is 23.9 Å². The number of nitro groups is 1. The predicted molar refractivity (Wildman–Crippen MR) is 81.3 cm³/mol. The molecule has 1 heterocycles. The summed E-state index contributed by atoms with van der Waals surface area (Å²) in [6.45, 7) is 1.80. The minimum absolute atomic E-state index is 0.0171. The van der Waals surface area contributed by atoms with E-state index in [2.05, 4.69) is 31.2 Å². The standard InChI is InChI=1S/C13H11BrN4O3/c1-8-7-15-13(16-11(19)6-14)17-12(8)9-3-2-4-10(5-9)18(20)21/h2-5,7H,6H2,1H3,(H,15,16,17,19). The maximum atomic E-state index is 11.3. The quantitative estimate of drug-likeness (QED) is 0.519.